The average molecular weight is 549 g/mol. The summed E-state index contributed by atoms with van der Waals surface area (Å²) in [4.78, 5) is 8.22. The smallest absolute Gasteiger partial charge is 0.243 e. The highest BCUT2D eigenvalue weighted by atomic mass is 35.5. The van der Waals surface area contributed by atoms with E-state index in [0.29, 0.717) is 27.9 Å². The normalized spacial score (nSPS) is 13.2. The van der Waals surface area contributed by atoms with E-state index in [2.05, 4.69) is 35.1 Å². The molecule has 1 aromatic carbocycles. The molecule has 0 aliphatic carbocycles. The lowest BCUT2D eigenvalue weighted by atomic mass is 10.2. The van der Waals surface area contributed by atoms with Crippen LogP contribution in [0, 0.1) is 6.92 Å². The van der Waals surface area contributed by atoms with E-state index in [1.807, 2.05) is 6.92 Å². The largest absolute Gasteiger partial charge is 0.494 e. The lowest BCUT2D eigenvalue weighted by molar-refractivity contribution is 0.0950. The van der Waals surface area contributed by atoms with Gasteiger partial charge in [-0.25, -0.2) is 18.4 Å². The molecule has 0 saturated carbocycles. The Balaban J connectivity index is 1.82. The number of aryl methyl sites for hydroxylation is 1. The van der Waals surface area contributed by atoms with Gasteiger partial charge in [-0.2, -0.15) is 5.10 Å². The van der Waals surface area contributed by atoms with E-state index in [1.165, 1.54) is 45.2 Å². The summed E-state index contributed by atoms with van der Waals surface area (Å²) in [6, 6.07) is 6.90. The first kappa shape index (κ1) is 26.3. The number of benzene rings is 1. The molecule has 0 amide bonds. The topological polar surface area (TPSA) is 159 Å². The fraction of sp³-hybridized carbons (Fsp3) is 0.318. The Labute approximate surface area is 218 Å². The van der Waals surface area contributed by atoms with Gasteiger partial charge in [-0.3, -0.25) is 14.4 Å². The lowest BCUT2D eigenvalue weighted by Gasteiger charge is -2.22. The number of ether oxygens (including phenoxy) is 3. The molecule has 37 heavy (non-hydrogen) atoms. The number of H-pyrrole nitrogens is 1. The van der Waals surface area contributed by atoms with Crippen molar-refractivity contribution in [2.24, 2.45) is 0 Å². The van der Waals surface area contributed by atoms with Crippen LogP contribution in [0.2, 0.25) is 5.02 Å². The maximum Gasteiger partial charge on any atom is 0.243 e. The average Bonchev–Trinajstić information content (AvgIpc) is 3.50. The van der Waals surface area contributed by atoms with Crippen molar-refractivity contribution < 1.29 is 22.6 Å². The Hall–Kier alpha value is -3.75. The lowest BCUT2D eigenvalue weighted by Crippen LogP contribution is -2.33. The molecule has 0 saturated heterocycles. The summed E-state index contributed by atoms with van der Waals surface area (Å²) in [5.41, 5.74) is 1.59. The highest BCUT2D eigenvalue weighted by Crippen LogP contribution is 2.38. The molecular formula is C22H25ClN8O5S. The van der Waals surface area contributed by atoms with Crippen molar-refractivity contribution in [1.29, 1.82) is 0 Å². The SMILES string of the molecule is COc1cccc(OC)c1-n1c(NS(=O)(=O)C(C)C(OC)c2ncc(Cl)cn2)nnc1-c1cc(C)[nH]n1. The molecule has 0 fully saturated rings. The maximum absolute atomic E-state index is 13.5. The summed E-state index contributed by atoms with van der Waals surface area (Å²) in [7, 11) is 0.209. The number of methoxy groups -OCH3 is 3. The minimum absolute atomic E-state index is 0.114. The first-order chi connectivity index (χ1) is 17.7. The van der Waals surface area contributed by atoms with E-state index in [0.717, 1.165) is 5.69 Å². The number of sulfonamides is 1. The molecule has 4 aromatic rings. The Morgan fingerprint density at radius 3 is 2.27 bits per heavy atom. The maximum atomic E-state index is 13.5. The van der Waals surface area contributed by atoms with Gasteiger partial charge < -0.3 is 14.2 Å². The summed E-state index contributed by atoms with van der Waals surface area (Å²) in [6.45, 7) is 3.30. The Morgan fingerprint density at radius 1 is 1.08 bits per heavy atom. The number of nitrogens with zero attached hydrogens (tertiary/aromatic N) is 6. The number of nitrogens with one attached hydrogen (secondary N) is 2. The van der Waals surface area contributed by atoms with Gasteiger partial charge in [0.05, 0.1) is 19.2 Å². The van der Waals surface area contributed by atoms with E-state index in [1.54, 1.807) is 24.3 Å². The Bertz CT molecular complexity index is 1470. The molecule has 0 radical (unpaired) electrons. The van der Waals surface area contributed by atoms with Gasteiger partial charge in [-0.15, -0.1) is 10.2 Å². The second kappa shape index (κ2) is 10.7. The second-order valence-electron chi connectivity index (χ2n) is 7.90. The number of para-hydroxylation sites is 1. The number of hydrogen-bond acceptors (Lipinski definition) is 10. The fourth-order valence-electron chi connectivity index (χ4n) is 3.67. The summed E-state index contributed by atoms with van der Waals surface area (Å²) < 4.78 is 47.6. The zero-order valence-electron chi connectivity index (χ0n) is 20.6. The van der Waals surface area contributed by atoms with Gasteiger partial charge in [-0.05, 0) is 32.0 Å². The highest BCUT2D eigenvalue weighted by molar-refractivity contribution is 7.93. The molecule has 3 heterocycles. The van der Waals surface area contributed by atoms with Crippen LogP contribution in [0.3, 0.4) is 0 Å². The fourth-order valence-corrected chi connectivity index (χ4v) is 4.90. The minimum atomic E-state index is -4.14. The quantitative estimate of drug-likeness (QED) is 0.301. The van der Waals surface area contributed by atoms with Crippen LogP contribution in [0.15, 0.2) is 36.7 Å². The molecule has 0 aliphatic heterocycles. The predicted molar refractivity (Wildman–Crippen MR) is 136 cm³/mol. The summed E-state index contributed by atoms with van der Waals surface area (Å²) in [5, 5.41) is 14.6. The first-order valence-electron chi connectivity index (χ1n) is 10.9. The third-order valence-corrected chi connectivity index (χ3v) is 7.41. The van der Waals surface area contributed by atoms with E-state index in [-0.39, 0.29) is 17.6 Å². The van der Waals surface area contributed by atoms with Gasteiger partial charge in [0.1, 0.15) is 34.2 Å². The molecule has 2 N–H and O–H groups in total. The van der Waals surface area contributed by atoms with E-state index < -0.39 is 21.4 Å². The molecule has 3 aromatic heterocycles. The van der Waals surface area contributed by atoms with Crippen molar-refractivity contribution >= 4 is 27.6 Å². The molecule has 4 rings (SSSR count). The van der Waals surface area contributed by atoms with E-state index >= 15 is 0 Å². The molecule has 2 unspecified atom stereocenters. The van der Waals surface area contributed by atoms with E-state index in [4.69, 9.17) is 25.8 Å². The number of halogens is 1. The van der Waals surface area contributed by atoms with Crippen molar-refractivity contribution in [1.82, 2.24) is 34.9 Å². The molecular weight excluding hydrogens is 524 g/mol. The molecule has 196 valence electrons. The van der Waals surface area contributed by atoms with Gasteiger partial charge in [0.25, 0.3) is 0 Å². The highest BCUT2D eigenvalue weighted by Gasteiger charge is 2.35. The number of aromatic nitrogens is 7. The zero-order chi connectivity index (χ0) is 26.7. The van der Waals surface area contributed by atoms with Crippen LogP contribution >= 0.6 is 11.6 Å². The Morgan fingerprint density at radius 2 is 1.73 bits per heavy atom. The first-order valence-corrected chi connectivity index (χ1v) is 12.8. The van der Waals surface area contributed by atoms with Gasteiger partial charge in [-0.1, -0.05) is 17.7 Å². The predicted octanol–water partition coefficient (Wildman–Crippen LogP) is 2.94. The summed E-state index contributed by atoms with van der Waals surface area (Å²) >= 11 is 5.87. The van der Waals surface area contributed by atoms with Crippen molar-refractivity contribution in [2.75, 3.05) is 26.1 Å². The monoisotopic (exact) mass is 548 g/mol. The van der Waals surface area contributed by atoms with Gasteiger partial charge in [0, 0.05) is 25.2 Å². The van der Waals surface area contributed by atoms with Crippen LogP contribution in [0.25, 0.3) is 17.2 Å². The van der Waals surface area contributed by atoms with Crippen LogP contribution in [0.5, 0.6) is 11.5 Å². The van der Waals surface area contributed by atoms with Crippen molar-refractivity contribution in [3.8, 4) is 28.7 Å². The second-order valence-corrected chi connectivity index (χ2v) is 10.4. The zero-order valence-corrected chi connectivity index (χ0v) is 22.2. The van der Waals surface area contributed by atoms with Gasteiger partial charge >= 0.3 is 0 Å². The Kier molecular flexibility index (Phi) is 7.61. The molecule has 13 nitrogen and oxygen atoms in total. The molecule has 0 spiro atoms. The van der Waals surface area contributed by atoms with Crippen molar-refractivity contribution in [3.63, 3.8) is 0 Å². The van der Waals surface area contributed by atoms with Crippen LogP contribution < -0.4 is 14.2 Å². The van der Waals surface area contributed by atoms with E-state index in [9.17, 15) is 8.42 Å². The number of aromatic amines is 1. The third-order valence-electron chi connectivity index (χ3n) is 5.52. The molecule has 0 bridgehead atoms. The van der Waals surface area contributed by atoms with Crippen molar-refractivity contribution in [2.45, 2.75) is 25.2 Å². The summed E-state index contributed by atoms with van der Waals surface area (Å²) in [5.74, 6) is 1.08. The van der Waals surface area contributed by atoms with Crippen LogP contribution in [0.1, 0.15) is 24.5 Å². The standard InChI is InChI=1S/C22H25ClN8O5S/c1-12-9-15(27-26-12)21-28-29-22(31(21)18-16(34-3)7-6-8-17(18)35-4)30-37(32,33)13(2)19(36-5)20-24-10-14(23)11-25-20/h6-11,13,19H,1-5H3,(H,26,27)(H,29,30). The number of hydrogen-bond donors (Lipinski definition) is 2. The molecule has 15 heteroatoms. The van der Waals surface area contributed by atoms with Gasteiger partial charge in [0.15, 0.2) is 11.6 Å². The van der Waals surface area contributed by atoms with Crippen LogP contribution in [0.4, 0.5) is 5.95 Å². The number of anilines is 1. The summed E-state index contributed by atoms with van der Waals surface area (Å²) in [6.07, 6.45) is 1.73. The number of rotatable bonds is 10. The third kappa shape index (κ3) is 5.21. The van der Waals surface area contributed by atoms with Crippen LogP contribution in [-0.4, -0.2) is 69.9 Å². The minimum Gasteiger partial charge on any atom is -0.494 e. The molecule has 2 atom stereocenters. The van der Waals surface area contributed by atoms with Gasteiger partial charge in [0.2, 0.25) is 16.0 Å². The molecule has 0 aliphatic rings. The van der Waals surface area contributed by atoms with Crippen LogP contribution in [-0.2, 0) is 14.8 Å². The van der Waals surface area contributed by atoms with Crippen molar-refractivity contribution in [3.05, 3.63) is 53.2 Å².